The molecule has 0 spiro atoms. The first-order valence-corrected chi connectivity index (χ1v) is 9.01. The number of furan rings is 1. The van der Waals surface area contributed by atoms with Gasteiger partial charge < -0.3 is 23.9 Å². The van der Waals surface area contributed by atoms with E-state index in [2.05, 4.69) is 22.3 Å². The molecule has 0 radical (unpaired) electrons. The van der Waals surface area contributed by atoms with E-state index in [0.717, 1.165) is 55.9 Å². The van der Waals surface area contributed by atoms with Crippen molar-refractivity contribution in [2.45, 2.75) is 19.5 Å². The standard InChI is InChI=1S/C20H28N2O4/c1-15-4-6-17(26-15)13-21-14-18(22-8-10-25-11-9-22)16-5-7-19(23-2)20(12-16)24-3/h4-7,12,18,21H,8-11,13-14H2,1-3H3. The number of hydrogen-bond donors (Lipinski definition) is 1. The maximum absolute atomic E-state index is 5.65. The molecule has 0 saturated carbocycles. The Hall–Kier alpha value is -2.02. The van der Waals surface area contributed by atoms with Crippen molar-refractivity contribution in [2.24, 2.45) is 0 Å². The second-order valence-electron chi connectivity index (χ2n) is 6.42. The van der Waals surface area contributed by atoms with Gasteiger partial charge >= 0.3 is 0 Å². The first kappa shape index (κ1) is 18.8. The van der Waals surface area contributed by atoms with E-state index in [0.29, 0.717) is 6.54 Å². The van der Waals surface area contributed by atoms with E-state index in [-0.39, 0.29) is 6.04 Å². The fraction of sp³-hybridized carbons (Fsp3) is 0.500. The first-order valence-electron chi connectivity index (χ1n) is 9.01. The van der Waals surface area contributed by atoms with Crippen LogP contribution in [0.5, 0.6) is 11.5 Å². The van der Waals surface area contributed by atoms with Crippen LogP contribution in [0.25, 0.3) is 0 Å². The zero-order chi connectivity index (χ0) is 18.4. The van der Waals surface area contributed by atoms with Crippen LogP contribution in [-0.2, 0) is 11.3 Å². The van der Waals surface area contributed by atoms with Gasteiger partial charge in [0.25, 0.3) is 0 Å². The maximum Gasteiger partial charge on any atom is 0.161 e. The average molecular weight is 360 g/mol. The molecule has 142 valence electrons. The van der Waals surface area contributed by atoms with E-state index in [1.807, 2.05) is 25.1 Å². The Morgan fingerprint density at radius 2 is 1.85 bits per heavy atom. The van der Waals surface area contributed by atoms with Gasteiger partial charge in [-0.05, 0) is 36.8 Å². The van der Waals surface area contributed by atoms with Crippen LogP contribution in [0.4, 0.5) is 0 Å². The number of ether oxygens (including phenoxy) is 3. The summed E-state index contributed by atoms with van der Waals surface area (Å²) in [4.78, 5) is 2.45. The van der Waals surface area contributed by atoms with Crippen molar-refractivity contribution in [3.63, 3.8) is 0 Å². The molecule has 0 bridgehead atoms. The van der Waals surface area contributed by atoms with Gasteiger partial charge in [-0.1, -0.05) is 6.07 Å². The third kappa shape index (κ3) is 4.58. The predicted octanol–water partition coefficient (Wildman–Crippen LogP) is 2.77. The molecular formula is C20H28N2O4. The Bertz CT molecular complexity index is 695. The largest absolute Gasteiger partial charge is 0.493 e. The zero-order valence-corrected chi connectivity index (χ0v) is 15.8. The molecule has 1 saturated heterocycles. The number of rotatable bonds is 8. The van der Waals surface area contributed by atoms with Crippen molar-refractivity contribution < 1.29 is 18.6 Å². The number of methoxy groups -OCH3 is 2. The minimum absolute atomic E-state index is 0.231. The van der Waals surface area contributed by atoms with Gasteiger partial charge in [0.05, 0.1) is 34.0 Å². The lowest BCUT2D eigenvalue weighted by Crippen LogP contribution is -2.42. The van der Waals surface area contributed by atoms with Crippen molar-refractivity contribution in [1.29, 1.82) is 0 Å². The Kier molecular flexibility index (Phi) is 6.55. The lowest BCUT2D eigenvalue weighted by molar-refractivity contribution is 0.0160. The van der Waals surface area contributed by atoms with Crippen molar-refractivity contribution in [3.8, 4) is 11.5 Å². The molecule has 2 heterocycles. The van der Waals surface area contributed by atoms with Crippen LogP contribution in [0, 0.1) is 6.92 Å². The Labute approximate surface area is 155 Å². The molecule has 1 aromatic carbocycles. The van der Waals surface area contributed by atoms with Gasteiger partial charge in [0, 0.05) is 25.7 Å². The van der Waals surface area contributed by atoms with E-state index in [9.17, 15) is 0 Å². The summed E-state index contributed by atoms with van der Waals surface area (Å²) < 4.78 is 22.0. The molecule has 1 atom stereocenters. The SMILES string of the molecule is COc1ccc(C(CNCc2ccc(C)o2)N2CCOCC2)cc1OC. The van der Waals surface area contributed by atoms with Gasteiger partial charge in [0.1, 0.15) is 11.5 Å². The van der Waals surface area contributed by atoms with Gasteiger partial charge in [-0.2, -0.15) is 0 Å². The van der Waals surface area contributed by atoms with E-state index in [4.69, 9.17) is 18.6 Å². The molecule has 6 nitrogen and oxygen atoms in total. The minimum atomic E-state index is 0.231. The molecule has 0 aliphatic carbocycles. The Morgan fingerprint density at radius 3 is 2.50 bits per heavy atom. The Morgan fingerprint density at radius 1 is 1.08 bits per heavy atom. The Balaban J connectivity index is 1.74. The van der Waals surface area contributed by atoms with Gasteiger partial charge in [0.15, 0.2) is 11.5 Å². The minimum Gasteiger partial charge on any atom is -0.493 e. The second kappa shape index (κ2) is 9.07. The number of hydrogen-bond acceptors (Lipinski definition) is 6. The highest BCUT2D eigenvalue weighted by Gasteiger charge is 2.23. The monoisotopic (exact) mass is 360 g/mol. The average Bonchev–Trinajstić information content (AvgIpc) is 3.10. The molecule has 0 amide bonds. The van der Waals surface area contributed by atoms with Crippen molar-refractivity contribution in [3.05, 3.63) is 47.4 Å². The van der Waals surface area contributed by atoms with Gasteiger partial charge in [-0.25, -0.2) is 0 Å². The van der Waals surface area contributed by atoms with E-state index >= 15 is 0 Å². The summed E-state index contributed by atoms with van der Waals surface area (Å²) in [6.45, 7) is 6.85. The van der Waals surface area contributed by atoms with Crippen molar-refractivity contribution >= 4 is 0 Å². The topological polar surface area (TPSA) is 56.1 Å². The van der Waals surface area contributed by atoms with Crippen molar-refractivity contribution in [1.82, 2.24) is 10.2 Å². The highest BCUT2D eigenvalue weighted by atomic mass is 16.5. The van der Waals surface area contributed by atoms with Crippen LogP contribution in [0.1, 0.15) is 23.1 Å². The van der Waals surface area contributed by atoms with E-state index in [1.165, 1.54) is 5.56 Å². The normalized spacial score (nSPS) is 16.4. The number of benzene rings is 1. The van der Waals surface area contributed by atoms with Crippen LogP contribution in [0.2, 0.25) is 0 Å². The zero-order valence-electron chi connectivity index (χ0n) is 15.8. The van der Waals surface area contributed by atoms with Gasteiger partial charge in [0.2, 0.25) is 0 Å². The van der Waals surface area contributed by atoms with Gasteiger partial charge in [-0.3, -0.25) is 4.90 Å². The smallest absolute Gasteiger partial charge is 0.161 e. The first-order chi connectivity index (χ1) is 12.7. The van der Waals surface area contributed by atoms with Gasteiger partial charge in [-0.15, -0.1) is 0 Å². The molecule has 1 unspecified atom stereocenters. The highest BCUT2D eigenvalue weighted by Crippen LogP contribution is 2.32. The molecule has 1 aromatic heterocycles. The fourth-order valence-electron chi connectivity index (χ4n) is 3.32. The third-order valence-electron chi connectivity index (χ3n) is 4.71. The molecular weight excluding hydrogens is 332 g/mol. The summed E-state index contributed by atoms with van der Waals surface area (Å²) in [5.74, 6) is 3.39. The number of aryl methyl sites for hydroxylation is 1. The molecule has 1 aliphatic rings. The van der Waals surface area contributed by atoms with E-state index < -0.39 is 0 Å². The van der Waals surface area contributed by atoms with Crippen LogP contribution >= 0.6 is 0 Å². The number of nitrogens with one attached hydrogen (secondary N) is 1. The van der Waals surface area contributed by atoms with Crippen molar-refractivity contribution in [2.75, 3.05) is 47.1 Å². The predicted molar refractivity (Wildman–Crippen MR) is 99.8 cm³/mol. The van der Waals surface area contributed by atoms with Crippen LogP contribution in [0.3, 0.4) is 0 Å². The summed E-state index contributed by atoms with van der Waals surface area (Å²) in [6.07, 6.45) is 0. The summed E-state index contributed by atoms with van der Waals surface area (Å²) in [5, 5.41) is 3.53. The highest BCUT2D eigenvalue weighted by molar-refractivity contribution is 5.44. The molecule has 3 rings (SSSR count). The maximum atomic E-state index is 5.65. The summed E-state index contributed by atoms with van der Waals surface area (Å²) in [6, 6.07) is 10.4. The lowest BCUT2D eigenvalue weighted by Gasteiger charge is -2.35. The molecule has 1 aliphatic heterocycles. The lowest BCUT2D eigenvalue weighted by atomic mass is 10.0. The molecule has 26 heavy (non-hydrogen) atoms. The summed E-state index contributed by atoms with van der Waals surface area (Å²) in [5.41, 5.74) is 1.20. The van der Waals surface area contributed by atoms with Crippen LogP contribution in [0.15, 0.2) is 34.7 Å². The van der Waals surface area contributed by atoms with Crippen LogP contribution < -0.4 is 14.8 Å². The molecule has 1 fully saturated rings. The van der Waals surface area contributed by atoms with Crippen LogP contribution in [-0.4, -0.2) is 52.0 Å². The second-order valence-corrected chi connectivity index (χ2v) is 6.42. The molecule has 2 aromatic rings. The molecule has 1 N–H and O–H groups in total. The summed E-state index contributed by atoms with van der Waals surface area (Å²) in [7, 11) is 3.33. The third-order valence-corrected chi connectivity index (χ3v) is 4.71. The van der Waals surface area contributed by atoms with E-state index in [1.54, 1.807) is 14.2 Å². The summed E-state index contributed by atoms with van der Waals surface area (Å²) >= 11 is 0. The number of nitrogens with zero attached hydrogens (tertiary/aromatic N) is 1. The quantitative estimate of drug-likeness (QED) is 0.781. The number of morpholine rings is 1. The molecule has 6 heteroatoms. The fourth-order valence-corrected chi connectivity index (χ4v) is 3.32.